The number of carbonyl (C=O) groups is 2. The minimum absolute atomic E-state index is 0.0491. The molecule has 0 saturated heterocycles. The van der Waals surface area contributed by atoms with Gasteiger partial charge in [0.15, 0.2) is 0 Å². The van der Waals surface area contributed by atoms with Crippen LogP contribution in [0, 0.1) is 0 Å². The van der Waals surface area contributed by atoms with Crippen molar-refractivity contribution in [3.8, 4) is 11.5 Å². The van der Waals surface area contributed by atoms with Gasteiger partial charge in [-0.05, 0) is 40.8 Å². The SMILES string of the molecule is O=C(O)C=Cc1ccc(CC2c3ccc(O)cc3OC(=O)C2c2ccccc2)cc1. The van der Waals surface area contributed by atoms with Gasteiger partial charge < -0.3 is 14.9 Å². The van der Waals surface area contributed by atoms with Crippen LogP contribution in [0.25, 0.3) is 6.08 Å². The summed E-state index contributed by atoms with van der Waals surface area (Å²) in [5, 5.41) is 18.6. The second-order valence-electron chi connectivity index (χ2n) is 7.26. The zero-order chi connectivity index (χ0) is 21.1. The zero-order valence-electron chi connectivity index (χ0n) is 16.1. The van der Waals surface area contributed by atoms with Crippen molar-refractivity contribution < 1.29 is 24.5 Å². The smallest absolute Gasteiger partial charge is 0.328 e. The highest BCUT2D eigenvalue weighted by molar-refractivity contribution is 5.85. The van der Waals surface area contributed by atoms with Gasteiger partial charge in [-0.3, -0.25) is 4.79 Å². The van der Waals surface area contributed by atoms with Crippen molar-refractivity contribution in [2.24, 2.45) is 0 Å². The molecule has 0 amide bonds. The van der Waals surface area contributed by atoms with Crippen LogP contribution in [0.3, 0.4) is 0 Å². The number of hydrogen-bond donors (Lipinski definition) is 2. The second-order valence-corrected chi connectivity index (χ2v) is 7.26. The number of carboxylic acids is 1. The van der Waals surface area contributed by atoms with Crippen molar-refractivity contribution in [3.05, 3.63) is 101 Å². The lowest BCUT2D eigenvalue weighted by atomic mass is 9.76. The Hall–Kier alpha value is -3.86. The fourth-order valence-corrected chi connectivity index (χ4v) is 3.88. The molecule has 0 spiro atoms. The molecule has 1 heterocycles. The van der Waals surface area contributed by atoms with Crippen LogP contribution in [-0.4, -0.2) is 22.2 Å². The molecule has 3 aromatic carbocycles. The lowest BCUT2D eigenvalue weighted by molar-refractivity contribution is -0.138. The van der Waals surface area contributed by atoms with E-state index in [1.165, 1.54) is 12.1 Å². The molecule has 2 N–H and O–H groups in total. The molecular weight excluding hydrogens is 380 g/mol. The number of aliphatic carboxylic acids is 1. The highest BCUT2D eigenvalue weighted by Gasteiger charge is 2.38. The van der Waals surface area contributed by atoms with Crippen LogP contribution in [0.1, 0.15) is 34.1 Å². The van der Waals surface area contributed by atoms with Crippen LogP contribution in [0.5, 0.6) is 11.5 Å². The molecule has 4 rings (SSSR count). The molecular formula is C25H20O5. The number of hydrogen-bond acceptors (Lipinski definition) is 4. The Balaban J connectivity index is 1.70. The van der Waals surface area contributed by atoms with E-state index in [9.17, 15) is 14.7 Å². The first kappa shape index (κ1) is 19.5. The number of phenols is 1. The summed E-state index contributed by atoms with van der Waals surface area (Å²) in [5.74, 6) is -1.53. The number of ether oxygens (including phenoxy) is 1. The van der Waals surface area contributed by atoms with Crippen molar-refractivity contribution in [1.82, 2.24) is 0 Å². The third kappa shape index (κ3) is 4.10. The molecule has 30 heavy (non-hydrogen) atoms. The van der Waals surface area contributed by atoms with E-state index in [2.05, 4.69) is 0 Å². The highest BCUT2D eigenvalue weighted by atomic mass is 16.5. The van der Waals surface area contributed by atoms with E-state index in [-0.39, 0.29) is 17.6 Å². The van der Waals surface area contributed by atoms with E-state index in [0.717, 1.165) is 28.3 Å². The average Bonchev–Trinajstić information content (AvgIpc) is 2.73. The van der Waals surface area contributed by atoms with Crippen LogP contribution in [-0.2, 0) is 16.0 Å². The van der Waals surface area contributed by atoms with Gasteiger partial charge in [0.25, 0.3) is 0 Å². The Kier molecular flexibility index (Phi) is 5.35. The summed E-state index contributed by atoms with van der Waals surface area (Å²) >= 11 is 0. The summed E-state index contributed by atoms with van der Waals surface area (Å²) in [6.45, 7) is 0. The number of esters is 1. The summed E-state index contributed by atoms with van der Waals surface area (Å²) in [6.07, 6.45) is 3.23. The van der Waals surface area contributed by atoms with E-state index in [1.54, 1.807) is 6.07 Å². The average molecular weight is 400 g/mol. The molecule has 150 valence electrons. The van der Waals surface area contributed by atoms with Gasteiger partial charge >= 0.3 is 11.9 Å². The van der Waals surface area contributed by atoms with Gasteiger partial charge in [-0.1, -0.05) is 60.7 Å². The molecule has 5 heteroatoms. The monoisotopic (exact) mass is 400 g/mol. The first-order valence-electron chi connectivity index (χ1n) is 9.61. The first-order chi connectivity index (χ1) is 14.5. The second kappa shape index (κ2) is 8.25. The predicted octanol–water partition coefficient (Wildman–Crippen LogP) is 4.52. The molecule has 2 atom stereocenters. The van der Waals surface area contributed by atoms with Gasteiger partial charge in [-0.25, -0.2) is 4.79 Å². The van der Waals surface area contributed by atoms with E-state index in [0.29, 0.717) is 12.2 Å². The maximum atomic E-state index is 12.9. The van der Waals surface area contributed by atoms with Crippen LogP contribution in [0.2, 0.25) is 0 Å². The fraction of sp³-hybridized carbons (Fsp3) is 0.120. The van der Waals surface area contributed by atoms with Gasteiger partial charge in [0.2, 0.25) is 0 Å². The van der Waals surface area contributed by atoms with Crippen LogP contribution in [0.15, 0.2) is 78.9 Å². The molecule has 0 saturated carbocycles. The Bertz CT molecular complexity index is 1100. The van der Waals surface area contributed by atoms with E-state index in [4.69, 9.17) is 9.84 Å². The molecule has 0 aliphatic carbocycles. The quantitative estimate of drug-likeness (QED) is 0.374. The van der Waals surface area contributed by atoms with E-state index < -0.39 is 11.9 Å². The molecule has 0 aromatic heterocycles. The Labute approximate surface area is 173 Å². The normalized spacial score (nSPS) is 18.1. The van der Waals surface area contributed by atoms with Crippen LogP contribution < -0.4 is 4.74 Å². The maximum Gasteiger partial charge on any atom is 0.328 e. The summed E-state index contributed by atoms with van der Waals surface area (Å²) in [6, 6.07) is 22.0. The van der Waals surface area contributed by atoms with Gasteiger partial charge in [0, 0.05) is 18.1 Å². The lowest BCUT2D eigenvalue weighted by Gasteiger charge is -2.32. The van der Waals surface area contributed by atoms with E-state index in [1.807, 2.05) is 60.7 Å². The third-order valence-electron chi connectivity index (χ3n) is 5.28. The predicted molar refractivity (Wildman–Crippen MR) is 112 cm³/mol. The molecule has 1 aliphatic heterocycles. The molecule has 0 fully saturated rings. The van der Waals surface area contributed by atoms with Gasteiger partial charge in [-0.15, -0.1) is 0 Å². The number of carboxylic acid groups (broad SMARTS) is 1. The highest BCUT2D eigenvalue weighted by Crippen LogP contribution is 2.45. The number of aromatic hydroxyl groups is 1. The Morgan fingerprint density at radius 3 is 2.43 bits per heavy atom. The van der Waals surface area contributed by atoms with Crippen molar-refractivity contribution in [2.45, 2.75) is 18.3 Å². The maximum absolute atomic E-state index is 12.9. The summed E-state index contributed by atoms with van der Waals surface area (Å²) in [4.78, 5) is 23.6. The molecule has 3 aromatic rings. The molecule has 5 nitrogen and oxygen atoms in total. The summed E-state index contributed by atoms with van der Waals surface area (Å²) in [7, 11) is 0. The molecule has 0 bridgehead atoms. The van der Waals surface area contributed by atoms with Crippen molar-refractivity contribution in [1.29, 1.82) is 0 Å². The number of rotatable bonds is 5. The van der Waals surface area contributed by atoms with Crippen LogP contribution in [0.4, 0.5) is 0 Å². The Morgan fingerprint density at radius 1 is 1.00 bits per heavy atom. The van der Waals surface area contributed by atoms with E-state index >= 15 is 0 Å². The van der Waals surface area contributed by atoms with Crippen molar-refractivity contribution in [3.63, 3.8) is 0 Å². The largest absolute Gasteiger partial charge is 0.508 e. The third-order valence-corrected chi connectivity index (χ3v) is 5.28. The number of fused-ring (bicyclic) bond motifs is 1. The van der Waals surface area contributed by atoms with Crippen molar-refractivity contribution >= 4 is 18.0 Å². The van der Waals surface area contributed by atoms with Gasteiger partial charge in [0.05, 0.1) is 5.92 Å². The lowest BCUT2D eigenvalue weighted by Crippen LogP contribution is -2.31. The molecule has 0 radical (unpaired) electrons. The first-order valence-corrected chi connectivity index (χ1v) is 9.61. The molecule has 2 unspecified atom stereocenters. The number of benzene rings is 3. The topological polar surface area (TPSA) is 83.8 Å². The summed E-state index contributed by atoms with van der Waals surface area (Å²) < 4.78 is 5.56. The van der Waals surface area contributed by atoms with Crippen LogP contribution >= 0.6 is 0 Å². The minimum atomic E-state index is -0.995. The zero-order valence-corrected chi connectivity index (χ0v) is 16.1. The number of phenolic OH excluding ortho intramolecular Hbond substituents is 1. The van der Waals surface area contributed by atoms with Crippen molar-refractivity contribution in [2.75, 3.05) is 0 Å². The van der Waals surface area contributed by atoms with Gasteiger partial charge in [0.1, 0.15) is 11.5 Å². The minimum Gasteiger partial charge on any atom is -0.508 e. The molecule has 1 aliphatic rings. The van der Waals surface area contributed by atoms with Gasteiger partial charge in [-0.2, -0.15) is 0 Å². The Morgan fingerprint density at radius 2 is 1.73 bits per heavy atom. The number of carbonyl (C=O) groups excluding carboxylic acids is 1. The summed E-state index contributed by atoms with van der Waals surface area (Å²) in [5.41, 5.74) is 3.56. The fourth-order valence-electron chi connectivity index (χ4n) is 3.88. The standard InChI is InChI=1S/C25H20O5/c26-19-11-12-20-21(14-17-8-6-16(7-9-17)10-13-23(27)28)24(18-4-2-1-3-5-18)25(29)30-22(20)15-19/h1-13,15,21,24,26H,14H2,(H,27,28).